The Morgan fingerprint density at radius 2 is 1.72 bits per heavy atom. The smallest absolute Gasteiger partial charge is 0.231 e. The topological polar surface area (TPSA) is 35.5 Å². The van der Waals surface area contributed by atoms with Crippen LogP contribution in [0, 0.1) is 6.92 Å². The van der Waals surface area contributed by atoms with E-state index in [1.165, 1.54) is 0 Å². The number of hydrogen-bond donors (Lipinski definition) is 0. The Bertz CT molecular complexity index is 1100. The molecular formula is C25H19BrO3. The molecule has 0 bridgehead atoms. The van der Waals surface area contributed by atoms with Crippen LogP contribution in [0.3, 0.4) is 0 Å². The normalized spacial score (nSPS) is 14.3. The Hall–Kier alpha value is -3.11. The van der Waals surface area contributed by atoms with E-state index in [1.54, 1.807) is 12.1 Å². The molecule has 0 aromatic heterocycles. The van der Waals surface area contributed by atoms with Crippen molar-refractivity contribution >= 4 is 33.9 Å². The number of carbonyl (C=O) groups excluding carboxylic acids is 1. The largest absolute Gasteiger partial charge is 0.489 e. The highest BCUT2D eigenvalue weighted by molar-refractivity contribution is 9.10. The van der Waals surface area contributed by atoms with Gasteiger partial charge in [0.1, 0.15) is 18.1 Å². The molecule has 29 heavy (non-hydrogen) atoms. The van der Waals surface area contributed by atoms with Gasteiger partial charge in [0, 0.05) is 10.0 Å². The lowest BCUT2D eigenvalue weighted by Gasteiger charge is -2.10. The quantitative estimate of drug-likeness (QED) is 0.421. The minimum atomic E-state index is -0.110. The summed E-state index contributed by atoms with van der Waals surface area (Å²) >= 11 is 3.41. The van der Waals surface area contributed by atoms with Crippen molar-refractivity contribution in [3.63, 3.8) is 0 Å². The van der Waals surface area contributed by atoms with Gasteiger partial charge in [0.05, 0.1) is 5.56 Å². The second kappa shape index (κ2) is 8.50. The van der Waals surface area contributed by atoms with Crippen molar-refractivity contribution in [1.82, 2.24) is 0 Å². The molecule has 0 fully saturated rings. The molecule has 1 heterocycles. The third kappa shape index (κ3) is 4.33. The monoisotopic (exact) mass is 446 g/mol. The Morgan fingerprint density at radius 3 is 2.48 bits per heavy atom. The molecule has 0 aliphatic carbocycles. The molecule has 3 nitrogen and oxygen atoms in total. The minimum absolute atomic E-state index is 0.110. The summed E-state index contributed by atoms with van der Waals surface area (Å²) in [6.45, 7) is 2.34. The summed E-state index contributed by atoms with van der Waals surface area (Å²) in [5, 5.41) is 0. The van der Waals surface area contributed by atoms with Crippen LogP contribution < -0.4 is 9.47 Å². The predicted octanol–water partition coefficient (Wildman–Crippen LogP) is 6.47. The van der Waals surface area contributed by atoms with E-state index in [-0.39, 0.29) is 5.78 Å². The van der Waals surface area contributed by atoms with Crippen LogP contribution in [0.2, 0.25) is 0 Å². The van der Waals surface area contributed by atoms with E-state index in [0.717, 1.165) is 21.2 Å². The summed E-state index contributed by atoms with van der Waals surface area (Å²) < 4.78 is 12.8. The summed E-state index contributed by atoms with van der Waals surface area (Å²) in [6.07, 6.45) is 5.74. The number of halogens is 1. The molecule has 0 spiro atoms. The van der Waals surface area contributed by atoms with Gasteiger partial charge >= 0.3 is 0 Å². The number of allylic oxidation sites excluding steroid dienone is 1. The van der Waals surface area contributed by atoms with Crippen LogP contribution in [-0.2, 0) is 0 Å². The molecule has 1 aliphatic rings. The first-order valence-electron chi connectivity index (χ1n) is 9.29. The Kier molecular flexibility index (Phi) is 5.63. The van der Waals surface area contributed by atoms with E-state index in [4.69, 9.17) is 9.47 Å². The molecule has 1 aliphatic heterocycles. The zero-order chi connectivity index (χ0) is 20.2. The lowest BCUT2D eigenvalue weighted by atomic mass is 10.1. The molecule has 3 aromatic carbocycles. The van der Waals surface area contributed by atoms with Crippen LogP contribution in [0.4, 0.5) is 0 Å². The summed E-state index contributed by atoms with van der Waals surface area (Å²) in [4.78, 5) is 12.7. The zero-order valence-electron chi connectivity index (χ0n) is 15.9. The van der Waals surface area contributed by atoms with Crippen LogP contribution in [0.1, 0.15) is 27.0 Å². The number of Topliss-reactive ketones (excluding diaryl/α,β-unsaturated/α-hetero) is 1. The number of hydrogen-bond acceptors (Lipinski definition) is 3. The number of ether oxygens (including phenoxy) is 2. The minimum Gasteiger partial charge on any atom is -0.489 e. The van der Waals surface area contributed by atoms with Crippen LogP contribution in [0.25, 0.3) is 12.2 Å². The lowest BCUT2D eigenvalue weighted by molar-refractivity contribution is 0.101. The van der Waals surface area contributed by atoms with Crippen molar-refractivity contribution in [2.45, 2.75) is 6.92 Å². The molecule has 4 heteroatoms. The molecule has 144 valence electrons. The van der Waals surface area contributed by atoms with E-state index >= 15 is 0 Å². The van der Waals surface area contributed by atoms with E-state index in [1.807, 2.05) is 79.7 Å². The Morgan fingerprint density at radius 1 is 0.966 bits per heavy atom. The molecule has 0 saturated heterocycles. The second-order valence-corrected chi connectivity index (χ2v) is 7.60. The summed E-state index contributed by atoms with van der Waals surface area (Å²) in [5.41, 5.74) is 3.42. The Balaban J connectivity index is 1.49. The van der Waals surface area contributed by atoms with Crippen LogP contribution in [0.5, 0.6) is 11.5 Å². The first-order valence-corrected chi connectivity index (χ1v) is 10.1. The number of ketones is 1. The van der Waals surface area contributed by atoms with E-state index < -0.39 is 0 Å². The van der Waals surface area contributed by atoms with Crippen molar-refractivity contribution in [3.05, 3.63) is 105 Å². The fraction of sp³-hybridized carbons (Fsp3) is 0.0800. The lowest BCUT2D eigenvalue weighted by Crippen LogP contribution is -1.98. The van der Waals surface area contributed by atoms with Crippen LogP contribution in [0.15, 0.2) is 83.0 Å². The van der Waals surface area contributed by atoms with Gasteiger partial charge in [-0.1, -0.05) is 64.5 Å². The van der Waals surface area contributed by atoms with Gasteiger partial charge in [-0.05, 0) is 54.5 Å². The average Bonchev–Trinajstić information content (AvgIpc) is 3.05. The van der Waals surface area contributed by atoms with Crippen LogP contribution in [-0.4, -0.2) is 12.4 Å². The van der Waals surface area contributed by atoms with Crippen molar-refractivity contribution in [1.29, 1.82) is 0 Å². The maximum absolute atomic E-state index is 12.7. The summed E-state index contributed by atoms with van der Waals surface area (Å²) in [7, 11) is 0. The fourth-order valence-electron chi connectivity index (χ4n) is 3.12. The number of carbonyl (C=O) groups is 1. The van der Waals surface area contributed by atoms with E-state index in [9.17, 15) is 4.79 Å². The fourth-order valence-corrected chi connectivity index (χ4v) is 3.39. The zero-order valence-corrected chi connectivity index (χ0v) is 17.5. The maximum atomic E-state index is 12.7. The molecule has 0 saturated carbocycles. The number of benzene rings is 3. The standard InChI is InChI=1S/C25H19BrO3/c1-17-22(28-15-5-8-18-6-3-2-4-7-18)14-13-21-24(27)23(29-25(17)21)16-19-9-11-20(26)12-10-19/h2-14,16H,15H2,1H3/b8-5+,23-16-. The summed E-state index contributed by atoms with van der Waals surface area (Å²) in [6, 6.07) is 21.4. The first kappa shape index (κ1) is 19.2. The third-order valence-corrected chi connectivity index (χ3v) is 5.18. The highest BCUT2D eigenvalue weighted by Gasteiger charge is 2.30. The van der Waals surface area contributed by atoms with Crippen molar-refractivity contribution < 1.29 is 14.3 Å². The Labute approximate surface area is 178 Å². The van der Waals surface area contributed by atoms with Crippen molar-refractivity contribution in [2.75, 3.05) is 6.61 Å². The van der Waals surface area contributed by atoms with E-state index in [2.05, 4.69) is 15.9 Å². The van der Waals surface area contributed by atoms with Gasteiger partial charge in [0.2, 0.25) is 5.78 Å². The second-order valence-electron chi connectivity index (χ2n) is 6.68. The van der Waals surface area contributed by atoms with Crippen molar-refractivity contribution in [3.8, 4) is 11.5 Å². The van der Waals surface area contributed by atoms with Crippen LogP contribution >= 0.6 is 15.9 Å². The third-order valence-electron chi connectivity index (χ3n) is 4.65. The molecule has 0 amide bonds. The average molecular weight is 447 g/mol. The summed E-state index contributed by atoms with van der Waals surface area (Å²) in [5.74, 6) is 1.50. The molecule has 0 radical (unpaired) electrons. The molecule has 0 atom stereocenters. The van der Waals surface area contributed by atoms with Gasteiger partial charge in [-0.3, -0.25) is 4.79 Å². The van der Waals surface area contributed by atoms with Gasteiger partial charge < -0.3 is 9.47 Å². The molecule has 3 aromatic rings. The highest BCUT2D eigenvalue weighted by atomic mass is 79.9. The predicted molar refractivity (Wildman–Crippen MR) is 119 cm³/mol. The molecule has 0 N–H and O–H groups in total. The van der Waals surface area contributed by atoms with Gasteiger partial charge in [-0.2, -0.15) is 0 Å². The van der Waals surface area contributed by atoms with E-state index in [0.29, 0.717) is 29.4 Å². The maximum Gasteiger partial charge on any atom is 0.231 e. The molecule has 0 unspecified atom stereocenters. The first-order chi connectivity index (χ1) is 14.1. The highest BCUT2D eigenvalue weighted by Crippen LogP contribution is 2.39. The SMILES string of the molecule is Cc1c(OC/C=C/c2ccccc2)ccc2c1O/C(=C\c1ccc(Br)cc1)C2=O. The van der Waals surface area contributed by atoms with Gasteiger partial charge in [0.25, 0.3) is 0 Å². The number of fused-ring (bicyclic) bond motifs is 1. The van der Waals surface area contributed by atoms with Gasteiger partial charge in [-0.25, -0.2) is 0 Å². The molecular weight excluding hydrogens is 428 g/mol. The number of rotatable bonds is 5. The van der Waals surface area contributed by atoms with Gasteiger partial charge in [-0.15, -0.1) is 0 Å². The van der Waals surface area contributed by atoms with Gasteiger partial charge in [0.15, 0.2) is 5.76 Å². The molecule has 4 rings (SSSR count). The van der Waals surface area contributed by atoms with Crippen molar-refractivity contribution in [2.24, 2.45) is 0 Å².